The van der Waals surface area contributed by atoms with E-state index in [1.807, 2.05) is 12.3 Å². The summed E-state index contributed by atoms with van der Waals surface area (Å²) in [7, 11) is 0. The Labute approximate surface area is 91.8 Å². The Balaban J connectivity index is 2.14. The van der Waals surface area contributed by atoms with E-state index in [0.717, 1.165) is 10.7 Å². The minimum absolute atomic E-state index is 0.0654. The Morgan fingerprint density at radius 2 is 2.33 bits per heavy atom. The number of furan rings is 1. The maximum atomic E-state index is 11.8. The number of Topliss-reactive ketones (excluding diaryl/α,β-unsaturated/α-hetero) is 1. The number of carbonyl (C=O) groups excluding carboxylic acids is 1. The van der Waals surface area contributed by atoms with Crippen LogP contribution in [0, 0.1) is 13.8 Å². The number of rotatable bonds is 3. The Morgan fingerprint density at radius 1 is 1.53 bits per heavy atom. The molecule has 0 aliphatic heterocycles. The summed E-state index contributed by atoms with van der Waals surface area (Å²) in [6, 6.07) is 1.71. The smallest absolute Gasteiger partial charge is 0.173 e. The predicted octanol–water partition coefficient (Wildman–Crippen LogP) is 2.78. The van der Waals surface area contributed by atoms with Crippen molar-refractivity contribution in [3.63, 3.8) is 0 Å². The van der Waals surface area contributed by atoms with E-state index in [2.05, 4.69) is 4.98 Å². The van der Waals surface area contributed by atoms with E-state index >= 15 is 0 Å². The first-order chi connectivity index (χ1) is 7.16. The van der Waals surface area contributed by atoms with E-state index in [4.69, 9.17) is 4.42 Å². The van der Waals surface area contributed by atoms with Crippen LogP contribution in [-0.4, -0.2) is 10.8 Å². The molecule has 0 atom stereocenters. The SMILES string of the molecule is Cc1csc(CC(=O)c2ccoc2C)n1. The van der Waals surface area contributed by atoms with Gasteiger partial charge in [0.15, 0.2) is 5.78 Å². The van der Waals surface area contributed by atoms with E-state index in [1.165, 1.54) is 17.6 Å². The van der Waals surface area contributed by atoms with Gasteiger partial charge in [0.2, 0.25) is 0 Å². The van der Waals surface area contributed by atoms with Gasteiger partial charge in [-0.1, -0.05) is 0 Å². The lowest BCUT2D eigenvalue weighted by atomic mass is 10.1. The Kier molecular flexibility index (Phi) is 2.68. The molecule has 0 radical (unpaired) electrons. The van der Waals surface area contributed by atoms with Gasteiger partial charge < -0.3 is 4.42 Å². The van der Waals surface area contributed by atoms with Crippen LogP contribution < -0.4 is 0 Å². The Morgan fingerprint density at radius 3 is 2.87 bits per heavy atom. The van der Waals surface area contributed by atoms with Crippen molar-refractivity contribution in [2.75, 3.05) is 0 Å². The van der Waals surface area contributed by atoms with Crippen LogP contribution in [0.3, 0.4) is 0 Å². The molecular formula is C11H11NO2S. The number of hydrogen-bond donors (Lipinski definition) is 0. The second kappa shape index (κ2) is 3.98. The van der Waals surface area contributed by atoms with Crippen LogP contribution >= 0.6 is 11.3 Å². The van der Waals surface area contributed by atoms with Crippen molar-refractivity contribution in [3.05, 3.63) is 39.7 Å². The van der Waals surface area contributed by atoms with Crippen LogP contribution in [0.15, 0.2) is 22.1 Å². The Bertz CT molecular complexity index is 484. The highest BCUT2D eigenvalue weighted by molar-refractivity contribution is 7.09. The molecule has 0 aromatic carbocycles. The van der Waals surface area contributed by atoms with Crippen molar-refractivity contribution >= 4 is 17.1 Å². The third kappa shape index (κ3) is 2.15. The second-order valence-corrected chi connectivity index (χ2v) is 4.32. The van der Waals surface area contributed by atoms with Gasteiger partial charge >= 0.3 is 0 Å². The fourth-order valence-electron chi connectivity index (χ4n) is 1.39. The van der Waals surface area contributed by atoms with Gasteiger partial charge in [0.1, 0.15) is 10.8 Å². The summed E-state index contributed by atoms with van der Waals surface area (Å²) in [5.41, 5.74) is 1.62. The number of thiazole rings is 1. The number of nitrogens with zero attached hydrogens (tertiary/aromatic N) is 1. The number of aryl methyl sites for hydroxylation is 2. The van der Waals surface area contributed by atoms with Crippen LogP contribution in [0.5, 0.6) is 0 Å². The molecule has 78 valence electrons. The summed E-state index contributed by atoms with van der Waals surface area (Å²) in [4.78, 5) is 16.1. The quantitative estimate of drug-likeness (QED) is 0.748. The lowest BCUT2D eigenvalue weighted by Gasteiger charge is -1.95. The molecule has 0 spiro atoms. The monoisotopic (exact) mass is 221 g/mol. The van der Waals surface area contributed by atoms with E-state index in [-0.39, 0.29) is 5.78 Å². The van der Waals surface area contributed by atoms with Crippen molar-refractivity contribution < 1.29 is 9.21 Å². The maximum absolute atomic E-state index is 11.8. The molecule has 3 nitrogen and oxygen atoms in total. The summed E-state index contributed by atoms with van der Waals surface area (Å²) < 4.78 is 5.09. The third-order valence-electron chi connectivity index (χ3n) is 2.14. The summed E-state index contributed by atoms with van der Waals surface area (Å²) >= 11 is 1.52. The van der Waals surface area contributed by atoms with Gasteiger partial charge in [-0.2, -0.15) is 0 Å². The van der Waals surface area contributed by atoms with Crippen LogP contribution in [0.25, 0.3) is 0 Å². The number of hydrogen-bond acceptors (Lipinski definition) is 4. The van der Waals surface area contributed by atoms with Gasteiger partial charge in [-0.15, -0.1) is 11.3 Å². The molecule has 15 heavy (non-hydrogen) atoms. The molecule has 0 bridgehead atoms. The molecule has 2 heterocycles. The summed E-state index contributed by atoms with van der Waals surface area (Å²) in [5, 5.41) is 2.81. The second-order valence-electron chi connectivity index (χ2n) is 3.37. The van der Waals surface area contributed by atoms with Crippen LogP contribution in [0.1, 0.15) is 26.8 Å². The van der Waals surface area contributed by atoms with E-state index in [1.54, 1.807) is 13.0 Å². The molecule has 0 aliphatic carbocycles. The van der Waals surface area contributed by atoms with E-state index in [0.29, 0.717) is 17.7 Å². The average Bonchev–Trinajstić information content (AvgIpc) is 2.75. The molecule has 0 aliphatic rings. The lowest BCUT2D eigenvalue weighted by molar-refractivity contribution is 0.0991. The van der Waals surface area contributed by atoms with Crippen molar-refractivity contribution in [1.82, 2.24) is 4.98 Å². The molecular weight excluding hydrogens is 210 g/mol. The third-order valence-corrected chi connectivity index (χ3v) is 3.10. The predicted molar refractivity (Wildman–Crippen MR) is 58.3 cm³/mol. The summed E-state index contributed by atoms with van der Waals surface area (Å²) in [5.74, 6) is 0.740. The maximum Gasteiger partial charge on any atom is 0.173 e. The van der Waals surface area contributed by atoms with Gasteiger partial charge in [-0.05, 0) is 19.9 Å². The highest BCUT2D eigenvalue weighted by Gasteiger charge is 2.13. The molecule has 2 aromatic heterocycles. The first-order valence-electron chi connectivity index (χ1n) is 4.65. The van der Waals surface area contributed by atoms with Crippen molar-refractivity contribution in [3.8, 4) is 0 Å². The molecule has 2 aromatic rings. The number of ketones is 1. The van der Waals surface area contributed by atoms with Gasteiger partial charge in [-0.3, -0.25) is 4.79 Å². The largest absolute Gasteiger partial charge is 0.469 e. The standard InChI is InChI=1S/C11H11NO2S/c1-7-6-15-11(12-7)5-10(13)9-3-4-14-8(9)2/h3-4,6H,5H2,1-2H3. The van der Waals surface area contributed by atoms with Crippen LogP contribution in [-0.2, 0) is 6.42 Å². The minimum Gasteiger partial charge on any atom is -0.469 e. The zero-order valence-electron chi connectivity index (χ0n) is 8.61. The molecule has 0 saturated heterocycles. The topological polar surface area (TPSA) is 43.1 Å². The first kappa shape index (κ1) is 10.1. The van der Waals surface area contributed by atoms with Crippen molar-refractivity contribution in [2.45, 2.75) is 20.3 Å². The molecule has 4 heteroatoms. The molecule has 0 fully saturated rings. The number of aromatic nitrogens is 1. The minimum atomic E-state index is 0.0654. The highest BCUT2D eigenvalue weighted by Crippen LogP contribution is 2.15. The molecule has 0 unspecified atom stereocenters. The fourth-order valence-corrected chi connectivity index (χ4v) is 2.16. The number of carbonyl (C=O) groups is 1. The van der Waals surface area contributed by atoms with Gasteiger partial charge in [-0.25, -0.2) is 4.98 Å². The summed E-state index contributed by atoms with van der Waals surface area (Å²) in [6.07, 6.45) is 1.90. The molecule has 0 saturated carbocycles. The van der Waals surface area contributed by atoms with Gasteiger partial charge in [0, 0.05) is 11.1 Å². The van der Waals surface area contributed by atoms with Crippen molar-refractivity contribution in [2.24, 2.45) is 0 Å². The molecule has 0 N–H and O–H groups in total. The van der Waals surface area contributed by atoms with Crippen LogP contribution in [0.4, 0.5) is 0 Å². The lowest BCUT2D eigenvalue weighted by Crippen LogP contribution is -2.03. The normalized spacial score (nSPS) is 10.5. The van der Waals surface area contributed by atoms with Crippen molar-refractivity contribution in [1.29, 1.82) is 0 Å². The van der Waals surface area contributed by atoms with E-state index in [9.17, 15) is 4.79 Å². The zero-order valence-corrected chi connectivity index (χ0v) is 9.43. The fraction of sp³-hybridized carbons (Fsp3) is 0.273. The van der Waals surface area contributed by atoms with Gasteiger partial charge in [0.05, 0.1) is 18.2 Å². The van der Waals surface area contributed by atoms with E-state index < -0.39 is 0 Å². The highest BCUT2D eigenvalue weighted by atomic mass is 32.1. The zero-order chi connectivity index (χ0) is 10.8. The first-order valence-corrected chi connectivity index (χ1v) is 5.53. The average molecular weight is 221 g/mol. The Hall–Kier alpha value is -1.42. The van der Waals surface area contributed by atoms with Gasteiger partial charge in [0.25, 0.3) is 0 Å². The summed E-state index contributed by atoms with van der Waals surface area (Å²) in [6.45, 7) is 3.72. The molecule has 0 amide bonds. The molecule has 2 rings (SSSR count). The van der Waals surface area contributed by atoms with Crippen LogP contribution in [0.2, 0.25) is 0 Å².